The predicted octanol–water partition coefficient (Wildman–Crippen LogP) is 5.41. The Hall–Kier alpha value is -2.23. The van der Waals surface area contributed by atoms with Crippen LogP contribution in [0.25, 0.3) is 21.5 Å². The second-order valence-corrected chi connectivity index (χ2v) is 7.69. The van der Waals surface area contributed by atoms with Gasteiger partial charge in [0.15, 0.2) is 0 Å². The fraction of sp³-hybridized carbons (Fsp3) is 0.227. The molecule has 0 fully saturated rings. The molecule has 2 nitrogen and oxygen atoms in total. The zero-order valence-corrected chi connectivity index (χ0v) is 14.7. The Kier molecular flexibility index (Phi) is 3.58. The first-order valence-corrected chi connectivity index (χ1v) is 9.71. The zero-order chi connectivity index (χ0) is 16.8. The Morgan fingerprint density at radius 3 is 2.76 bits per heavy atom. The quantitative estimate of drug-likeness (QED) is 0.493. The smallest absolute Gasteiger partial charge is 0.100 e. The molecule has 0 saturated carbocycles. The number of nitrogens with zero attached hydrogens (tertiary/aromatic N) is 1. The molecule has 0 aliphatic heterocycles. The molecule has 1 aliphatic carbocycles. The van der Waals surface area contributed by atoms with Gasteiger partial charge < -0.3 is 5.11 Å². The van der Waals surface area contributed by atoms with E-state index in [4.69, 9.17) is 0 Å². The molecule has 1 N–H and O–H groups in total. The third kappa shape index (κ3) is 2.38. The lowest BCUT2D eigenvalue weighted by atomic mass is 9.79. The molecule has 3 aromatic carbocycles. The van der Waals surface area contributed by atoms with Gasteiger partial charge in [0.1, 0.15) is 5.01 Å². The van der Waals surface area contributed by atoms with Gasteiger partial charge in [0, 0.05) is 11.3 Å². The molecule has 1 unspecified atom stereocenters. The van der Waals surface area contributed by atoms with Gasteiger partial charge >= 0.3 is 0 Å². The number of fused-ring (bicyclic) bond motifs is 5. The molecule has 0 spiro atoms. The second-order valence-electron chi connectivity index (χ2n) is 6.80. The van der Waals surface area contributed by atoms with Gasteiger partial charge in [-0.1, -0.05) is 48.5 Å². The van der Waals surface area contributed by atoms with Crippen molar-refractivity contribution in [2.24, 2.45) is 0 Å². The lowest BCUT2D eigenvalue weighted by Gasteiger charge is -2.26. The zero-order valence-electron chi connectivity index (χ0n) is 13.9. The van der Waals surface area contributed by atoms with Gasteiger partial charge in [-0.3, -0.25) is 0 Å². The number of hydrogen-bond donors (Lipinski definition) is 1. The Labute approximate surface area is 150 Å². The molecule has 124 valence electrons. The minimum Gasteiger partial charge on any atom is -0.390 e. The van der Waals surface area contributed by atoms with Crippen LogP contribution < -0.4 is 0 Å². The van der Waals surface area contributed by atoms with E-state index in [0.29, 0.717) is 5.92 Å². The van der Waals surface area contributed by atoms with Gasteiger partial charge in [0.2, 0.25) is 0 Å². The fourth-order valence-electron chi connectivity index (χ4n) is 4.23. The van der Waals surface area contributed by atoms with E-state index in [2.05, 4.69) is 53.5 Å². The Morgan fingerprint density at radius 2 is 1.88 bits per heavy atom. The Morgan fingerprint density at radius 1 is 1.00 bits per heavy atom. The summed E-state index contributed by atoms with van der Waals surface area (Å²) in [6.07, 6.45) is 3.48. The first-order chi connectivity index (χ1) is 12.3. The van der Waals surface area contributed by atoms with Crippen molar-refractivity contribution >= 4 is 32.9 Å². The minimum atomic E-state index is 0.0241. The number of benzene rings is 3. The SMILES string of the molecule is OCc1csc(C2CCCc3ccc4c(ccc5ccccc54)c32)n1. The molecule has 0 amide bonds. The summed E-state index contributed by atoms with van der Waals surface area (Å²) in [5, 5.41) is 17.8. The van der Waals surface area contributed by atoms with E-state index in [1.54, 1.807) is 11.3 Å². The lowest BCUT2D eigenvalue weighted by molar-refractivity contribution is 0.277. The molecule has 1 heterocycles. The van der Waals surface area contributed by atoms with Crippen LogP contribution in [0.3, 0.4) is 0 Å². The Bertz CT molecular complexity index is 1080. The Balaban J connectivity index is 1.78. The van der Waals surface area contributed by atoms with Crippen LogP contribution >= 0.6 is 11.3 Å². The molecular weight excluding hydrogens is 326 g/mol. The van der Waals surface area contributed by atoms with Gasteiger partial charge in [-0.05, 0) is 51.9 Å². The molecule has 4 aromatic rings. The number of rotatable bonds is 2. The van der Waals surface area contributed by atoms with Gasteiger partial charge in [0.25, 0.3) is 0 Å². The van der Waals surface area contributed by atoms with E-state index < -0.39 is 0 Å². The highest BCUT2D eigenvalue weighted by Crippen LogP contribution is 2.43. The van der Waals surface area contributed by atoms with Gasteiger partial charge in [-0.15, -0.1) is 11.3 Å². The van der Waals surface area contributed by atoms with E-state index in [1.165, 1.54) is 39.1 Å². The van der Waals surface area contributed by atoms with Gasteiger partial charge in [0.05, 0.1) is 12.3 Å². The second kappa shape index (κ2) is 5.94. The normalized spacial score (nSPS) is 17.1. The maximum absolute atomic E-state index is 9.38. The average molecular weight is 345 g/mol. The number of aryl methyl sites for hydroxylation is 1. The third-order valence-corrected chi connectivity index (χ3v) is 6.38. The first-order valence-electron chi connectivity index (χ1n) is 8.83. The van der Waals surface area contributed by atoms with Gasteiger partial charge in [-0.25, -0.2) is 4.98 Å². The summed E-state index contributed by atoms with van der Waals surface area (Å²) in [6, 6.07) is 17.8. The summed E-state index contributed by atoms with van der Waals surface area (Å²) in [4.78, 5) is 4.69. The molecular formula is C22H19NOS. The van der Waals surface area contributed by atoms with Crippen LogP contribution in [0, 0.1) is 0 Å². The van der Waals surface area contributed by atoms with Crippen molar-refractivity contribution < 1.29 is 5.11 Å². The number of hydrogen-bond acceptors (Lipinski definition) is 3. The monoisotopic (exact) mass is 345 g/mol. The van der Waals surface area contributed by atoms with Crippen molar-refractivity contribution in [1.29, 1.82) is 0 Å². The predicted molar refractivity (Wildman–Crippen MR) is 104 cm³/mol. The number of aliphatic hydroxyl groups excluding tert-OH is 1. The van der Waals surface area contributed by atoms with Crippen LogP contribution in [0.15, 0.2) is 53.9 Å². The topological polar surface area (TPSA) is 33.1 Å². The number of aliphatic hydroxyl groups is 1. The maximum atomic E-state index is 9.38. The lowest BCUT2D eigenvalue weighted by Crippen LogP contribution is -2.11. The molecule has 0 bridgehead atoms. The largest absolute Gasteiger partial charge is 0.390 e. The van der Waals surface area contributed by atoms with Crippen molar-refractivity contribution in [3.63, 3.8) is 0 Å². The molecule has 5 rings (SSSR count). The van der Waals surface area contributed by atoms with Crippen molar-refractivity contribution in [1.82, 2.24) is 4.98 Å². The van der Waals surface area contributed by atoms with Crippen LogP contribution in [0.1, 0.15) is 40.6 Å². The molecule has 1 aliphatic rings. The van der Waals surface area contributed by atoms with Crippen molar-refractivity contribution in [3.05, 3.63) is 75.7 Å². The summed E-state index contributed by atoms with van der Waals surface area (Å²) in [5.74, 6) is 0.346. The van der Waals surface area contributed by atoms with Crippen molar-refractivity contribution in [2.45, 2.75) is 31.8 Å². The molecule has 25 heavy (non-hydrogen) atoms. The minimum absolute atomic E-state index is 0.0241. The van der Waals surface area contributed by atoms with E-state index >= 15 is 0 Å². The molecule has 3 heteroatoms. The average Bonchev–Trinajstić information content (AvgIpc) is 3.16. The molecule has 0 radical (unpaired) electrons. The highest BCUT2D eigenvalue weighted by Gasteiger charge is 2.26. The summed E-state index contributed by atoms with van der Waals surface area (Å²) in [7, 11) is 0. The summed E-state index contributed by atoms with van der Waals surface area (Å²) >= 11 is 1.69. The standard InChI is InChI=1S/C22H19NOS/c24-12-16-13-25-22(23-16)20-7-3-5-15-9-10-18-17-6-2-1-4-14(17)8-11-19(18)21(15)20/h1-2,4,6,8-11,13,20,24H,3,5,7,12H2. The number of aromatic nitrogens is 1. The highest BCUT2D eigenvalue weighted by atomic mass is 32.1. The van der Waals surface area contributed by atoms with E-state index in [1.807, 2.05) is 5.38 Å². The van der Waals surface area contributed by atoms with Crippen LogP contribution in [0.5, 0.6) is 0 Å². The van der Waals surface area contributed by atoms with Crippen molar-refractivity contribution in [2.75, 3.05) is 0 Å². The van der Waals surface area contributed by atoms with Crippen LogP contribution in [0.4, 0.5) is 0 Å². The van der Waals surface area contributed by atoms with Crippen LogP contribution in [-0.2, 0) is 13.0 Å². The van der Waals surface area contributed by atoms with E-state index in [-0.39, 0.29) is 6.61 Å². The fourth-order valence-corrected chi connectivity index (χ4v) is 5.18. The van der Waals surface area contributed by atoms with E-state index in [9.17, 15) is 5.11 Å². The maximum Gasteiger partial charge on any atom is 0.100 e. The molecule has 1 atom stereocenters. The number of thiazole rings is 1. The summed E-state index contributed by atoms with van der Waals surface area (Å²) < 4.78 is 0. The van der Waals surface area contributed by atoms with Crippen LogP contribution in [-0.4, -0.2) is 10.1 Å². The molecule has 1 aromatic heterocycles. The first kappa shape index (κ1) is 15.1. The summed E-state index contributed by atoms with van der Waals surface area (Å²) in [6.45, 7) is 0.0241. The summed E-state index contributed by atoms with van der Waals surface area (Å²) in [5.41, 5.74) is 3.70. The van der Waals surface area contributed by atoms with Crippen molar-refractivity contribution in [3.8, 4) is 0 Å². The highest BCUT2D eigenvalue weighted by molar-refractivity contribution is 7.09. The van der Waals surface area contributed by atoms with E-state index in [0.717, 1.165) is 23.5 Å². The van der Waals surface area contributed by atoms with Crippen LogP contribution in [0.2, 0.25) is 0 Å². The molecule has 0 saturated heterocycles. The van der Waals surface area contributed by atoms with Gasteiger partial charge in [-0.2, -0.15) is 0 Å². The third-order valence-electron chi connectivity index (χ3n) is 5.37.